The van der Waals surface area contributed by atoms with Crippen molar-refractivity contribution in [2.75, 3.05) is 31.5 Å². The number of nitrogens with zero attached hydrogens (tertiary/aromatic N) is 3. The lowest BCUT2D eigenvalue weighted by molar-refractivity contribution is 0.316. The summed E-state index contributed by atoms with van der Waals surface area (Å²) < 4.78 is 0. The van der Waals surface area contributed by atoms with Crippen LogP contribution in [0, 0.1) is 11.3 Å². The first-order valence-corrected chi connectivity index (χ1v) is 6.11. The zero-order valence-electron chi connectivity index (χ0n) is 10.2. The van der Waals surface area contributed by atoms with Crippen molar-refractivity contribution in [3.8, 4) is 6.07 Å². The molecule has 1 N–H and O–H groups in total. The summed E-state index contributed by atoms with van der Waals surface area (Å²) in [5, 5.41) is 12.4. The van der Waals surface area contributed by atoms with Crippen molar-refractivity contribution >= 4 is 17.4 Å². The van der Waals surface area contributed by atoms with Gasteiger partial charge in [0.2, 0.25) is 0 Å². The van der Waals surface area contributed by atoms with Gasteiger partial charge in [-0.1, -0.05) is 25.4 Å². The molecular weight excluding hydrogens is 236 g/mol. The van der Waals surface area contributed by atoms with Crippen LogP contribution < -0.4 is 5.32 Å². The monoisotopic (exact) mass is 252 g/mol. The Labute approximate surface area is 107 Å². The smallest absolute Gasteiger partial charge is 0.146 e. The van der Waals surface area contributed by atoms with E-state index in [0.717, 1.165) is 26.2 Å². The van der Waals surface area contributed by atoms with E-state index >= 15 is 0 Å². The van der Waals surface area contributed by atoms with E-state index in [1.807, 2.05) is 6.07 Å². The molecule has 0 saturated carbocycles. The van der Waals surface area contributed by atoms with E-state index in [1.165, 1.54) is 0 Å². The van der Waals surface area contributed by atoms with Crippen molar-refractivity contribution in [3.05, 3.63) is 22.8 Å². The summed E-state index contributed by atoms with van der Waals surface area (Å²) in [6, 6.07) is 3.64. The molecule has 0 bridgehead atoms. The van der Waals surface area contributed by atoms with Gasteiger partial charge in [-0.05, 0) is 19.2 Å². The zero-order chi connectivity index (χ0) is 12.7. The quantitative estimate of drug-likeness (QED) is 0.845. The molecule has 0 spiro atoms. The van der Waals surface area contributed by atoms with E-state index in [0.29, 0.717) is 16.4 Å². The number of hydrogen-bond acceptors (Lipinski definition) is 4. The maximum Gasteiger partial charge on any atom is 0.146 e. The Balaban J connectivity index is 2.55. The SMILES string of the molecule is CCN(CC)CCNc1nccc(C#N)c1Cl. The minimum atomic E-state index is 0.398. The van der Waals surface area contributed by atoms with Crippen LogP contribution in [0.5, 0.6) is 0 Å². The first-order chi connectivity index (χ1) is 8.22. The summed E-state index contributed by atoms with van der Waals surface area (Å²) >= 11 is 6.03. The predicted octanol–water partition coefficient (Wildman–Crippen LogP) is 2.36. The fourth-order valence-corrected chi connectivity index (χ4v) is 1.75. The molecule has 0 amide bonds. The van der Waals surface area contributed by atoms with Crippen molar-refractivity contribution in [1.29, 1.82) is 5.26 Å². The molecule has 92 valence electrons. The number of aromatic nitrogens is 1. The Bertz CT molecular complexity index is 396. The normalized spacial score (nSPS) is 10.3. The third-order valence-electron chi connectivity index (χ3n) is 2.62. The van der Waals surface area contributed by atoms with Crippen LogP contribution in [-0.2, 0) is 0 Å². The van der Waals surface area contributed by atoms with Crippen LogP contribution in [0.4, 0.5) is 5.82 Å². The van der Waals surface area contributed by atoms with Crippen LogP contribution in [0.15, 0.2) is 12.3 Å². The van der Waals surface area contributed by atoms with Crippen molar-refractivity contribution in [2.45, 2.75) is 13.8 Å². The minimum absolute atomic E-state index is 0.398. The zero-order valence-corrected chi connectivity index (χ0v) is 11.0. The highest BCUT2D eigenvalue weighted by Crippen LogP contribution is 2.22. The number of nitrogens with one attached hydrogen (secondary N) is 1. The third kappa shape index (κ3) is 3.88. The van der Waals surface area contributed by atoms with Gasteiger partial charge in [0.15, 0.2) is 0 Å². The molecule has 0 radical (unpaired) electrons. The molecule has 0 saturated heterocycles. The van der Waals surface area contributed by atoms with Gasteiger partial charge in [-0.2, -0.15) is 5.26 Å². The standard InChI is InChI=1S/C12H17ClN4/c1-3-17(4-2)8-7-16-12-11(13)10(9-14)5-6-15-12/h5-6H,3-4,7-8H2,1-2H3,(H,15,16). The van der Waals surface area contributed by atoms with Gasteiger partial charge >= 0.3 is 0 Å². The number of anilines is 1. The molecule has 0 aromatic carbocycles. The van der Waals surface area contributed by atoms with Gasteiger partial charge in [0, 0.05) is 19.3 Å². The molecule has 0 aliphatic carbocycles. The maximum absolute atomic E-state index is 8.83. The highest BCUT2D eigenvalue weighted by molar-refractivity contribution is 6.34. The summed E-state index contributed by atoms with van der Waals surface area (Å²) in [4.78, 5) is 6.42. The van der Waals surface area contributed by atoms with E-state index in [9.17, 15) is 0 Å². The average Bonchev–Trinajstić information content (AvgIpc) is 2.36. The van der Waals surface area contributed by atoms with E-state index in [4.69, 9.17) is 16.9 Å². The van der Waals surface area contributed by atoms with Crippen LogP contribution >= 0.6 is 11.6 Å². The number of pyridine rings is 1. The van der Waals surface area contributed by atoms with E-state index in [1.54, 1.807) is 12.3 Å². The highest BCUT2D eigenvalue weighted by atomic mass is 35.5. The Morgan fingerprint density at radius 1 is 1.47 bits per heavy atom. The highest BCUT2D eigenvalue weighted by Gasteiger charge is 2.06. The molecule has 4 nitrogen and oxygen atoms in total. The molecule has 0 aliphatic rings. The summed E-state index contributed by atoms with van der Waals surface area (Å²) in [5.41, 5.74) is 0.451. The topological polar surface area (TPSA) is 52.0 Å². The minimum Gasteiger partial charge on any atom is -0.368 e. The molecular formula is C12H17ClN4. The lowest BCUT2D eigenvalue weighted by Gasteiger charge is -2.18. The summed E-state index contributed by atoms with van der Waals surface area (Å²) in [7, 11) is 0. The van der Waals surface area contributed by atoms with Gasteiger partial charge in [0.25, 0.3) is 0 Å². The summed E-state index contributed by atoms with van der Waals surface area (Å²) in [6.07, 6.45) is 1.59. The van der Waals surface area contributed by atoms with Crippen LogP contribution in [0.1, 0.15) is 19.4 Å². The molecule has 1 aromatic heterocycles. The van der Waals surface area contributed by atoms with Gasteiger partial charge in [-0.15, -0.1) is 0 Å². The lowest BCUT2D eigenvalue weighted by Crippen LogP contribution is -2.28. The molecule has 17 heavy (non-hydrogen) atoms. The van der Waals surface area contributed by atoms with Gasteiger partial charge in [0.1, 0.15) is 16.9 Å². The van der Waals surface area contributed by atoms with Gasteiger partial charge < -0.3 is 10.2 Å². The molecule has 5 heteroatoms. The molecule has 0 aliphatic heterocycles. The molecule has 1 rings (SSSR count). The average molecular weight is 253 g/mol. The van der Waals surface area contributed by atoms with Gasteiger partial charge in [0.05, 0.1) is 5.56 Å². The first-order valence-electron chi connectivity index (χ1n) is 5.73. The van der Waals surface area contributed by atoms with Crippen molar-refractivity contribution in [3.63, 3.8) is 0 Å². The van der Waals surface area contributed by atoms with Crippen molar-refractivity contribution in [2.24, 2.45) is 0 Å². The Morgan fingerprint density at radius 2 is 2.18 bits per heavy atom. The first kappa shape index (κ1) is 13.8. The Morgan fingerprint density at radius 3 is 2.76 bits per heavy atom. The van der Waals surface area contributed by atoms with Crippen LogP contribution in [0.25, 0.3) is 0 Å². The summed E-state index contributed by atoms with van der Waals surface area (Å²) in [6.45, 7) is 8.01. The Hall–Kier alpha value is -1.31. The van der Waals surface area contributed by atoms with Gasteiger partial charge in [-0.3, -0.25) is 0 Å². The molecule has 1 heterocycles. The van der Waals surface area contributed by atoms with E-state index in [2.05, 4.69) is 29.0 Å². The molecule has 0 fully saturated rings. The maximum atomic E-state index is 8.83. The van der Waals surface area contributed by atoms with Crippen molar-refractivity contribution in [1.82, 2.24) is 9.88 Å². The lowest BCUT2D eigenvalue weighted by atomic mass is 10.3. The second-order valence-electron chi connectivity index (χ2n) is 3.59. The molecule has 0 unspecified atom stereocenters. The molecule has 0 atom stereocenters. The number of hydrogen-bond donors (Lipinski definition) is 1. The summed E-state index contributed by atoms with van der Waals surface area (Å²) in [5.74, 6) is 0.581. The van der Waals surface area contributed by atoms with E-state index in [-0.39, 0.29) is 0 Å². The number of nitriles is 1. The van der Waals surface area contributed by atoms with Crippen molar-refractivity contribution < 1.29 is 0 Å². The third-order valence-corrected chi connectivity index (χ3v) is 3.01. The van der Waals surface area contributed by atoms with Crippen LogP contribution in [0.3, 0.4) is 0 Å². The predicted molar refractivity (Wildman–Crippen MR) is 70.2 cm³/mol. The Kier molecular flexibility index (Phi) is 5.75. The second-order valence-corrected chi connectivity index (χ2v) is 3.96. The van der Waals surface area contributed by atoms with E-state index < -0.39 is 0 Å². The largest absolute Gasteiger partial charge is 0.368 e. The fraction of sp³-hybridized carbons (Fsp3) is 0.500. The van der Waals surface area contributed by atoms with Gasteiger partial charge in [-0.25, -0.2) is 4.98 Å². The molecule has 1 aromatic rings. The number of likely N-dealkylation sites (N-methyl/N-ethyl adjacent to an activating group) is 1. The number of halogens is 1. The van der Waals surface area contributed by atoms with Crippen LogP contribution in [0.2, 0.25) is 5.02 Å². The number of rotatable bonds is 6. The second kappa shape index (κ2) is 7.10. The fourth-order valence-electron chi connectivity index (χ4n) is 1.53. The van der Waals surface area contributed by atoms with Crippen LogP contribution in [-0.4, -0.2) is 36.1 Å².